The third-order valence-electron chi connectivity index (χ3n) is 4.96. The predicted molar refractivity (Wildman–Crippen MR) is 79.7 cm³/mol. The lowest BCUT2D eigenvalue weighted by Crippen LogP contribution is -2.44. The van der Waals surface area contributed by atoms with E-state index in [-0.39, 0.29) is 5.25 Å². The van der Waals surface area contributed by atoms with E-state index in [1.54, 1.807) is 0 Å². The number of primary amides is 1. The molecule has 1 aromatic rings. The van der Waals surface area contributed by atoms with Gasteiger partial charge < -0.3 is 10.6 Å². The fraction of sp³-hybridized carbons (Fsp3) is 0.533. The van der Waals surface area contributed by atoms with Gasteiger partial charge >= 0.3 is 0 Å². The van der Waals surface area contributed by atoms with Crippen molar-refractivity contribution in [2.45, 2.75) is 47.9 Å². The number of hydrogen-bond acceptors (Lipinski definition) is 4. The Morgan fingerprint density at radius 3 is 2.14 bits per heavy atom. The van der Waals surface area contributed by atoms with E-state index in [1.165, 1.54) is 24.3 Å². The van der Waals surface area contributed by atoms with Gasteiger partial charge in [0.25, 0.3) is 0 Å². The molecule has 6 heteroatoms. The van der Waals surface area contributed by atoms with Crippen molar-refractivity contribution in [3.63, 3.8) is 0 Å². The number of fused-ring (bicyclic) bond motifs is 2. The van der Waals surface area contributed by atoms with Gasteiger partial charge in [0.1, 0.15) is 0 Å². The van der Waals surface area contributed by atoms with Crippen LogP contribution in [0.4, 0.5) is 0 Å². The second-order valence-corrected chi connectivity index (χ2v) is 8.31. The summed E-state index contributed by atoms with van der Waals surface area (Å²) >= 11 is 0. The molecule has 0 saturated carbocycles. The van der Waals surface area contributed by atoms with Crippen molar-refractivity contribution in [3.05, 3.63) is 29.8 Å². The van der Waals surface area contributed by atoms with Crippen LogP contribution in [0, 0.1) is 0 Å². The molecule has 0 spiro atoms. The number of sulfone groups is 1. The molecule has 2 aliphatic rings. The summed E-state index contributed by atoms with van der Waals surface area (Å²) < 4.78 is 25.5. The molecule has 2 bridgehead atoms. The molecular weight excluding hydrogens is 288 g/mol. The molecule has 21 heavy (non-hydrogen) atoms. The van der Waals surface area contributed by atoms with Gasteiger partial charge in [0.05, 0.1) is 10.1 Å². The summed E-state index contributed by atoms with van der Waals surface area (Å²) in [6.45, 7) is 0. The average molecular weight is 308 g/mol. The molecule has 2 saturated heterocycles. The molecule has 1 aromatic carbocycles. The Hall–Kier alpha value is -1.40. The maximum atomic E-state index is 12.8. The average Bonchev–Trinajstić information content (AvgIpc) is 2.67. The first-order valence-electron chi connectivity index (χ1n) is 7.25. The number of benzene rings is 1. The zero-order valence-corrected chi connectivity index (χ0v) is 12.8. The third-order valence-corrected chi connectivity index (χ3v) is 7.15. The van der Waals surface area contributed by atoms with Crippen molar-refractivity contribution in [2.24, 2.45) is 5.73 Å². The Morgan fingerprint density at radius 2 is 1.67 bits per heavy atom. The fourth-order valence-corrected chi connectivity index (χ4v) is 5.47. The normalized spacial score (nSPS) is 29.5. The van der Waals surface area contributed by atoms with Gasteiger partial charge in [-0.05, 0) is 57.0 Å². The number of amides is 1. The molecular formula is C15H20N2O3S. The third kappa shape index (κ3) is 2.46. The quantitative estimate of drug-likeness (QED) is 0.909. The van der Waals surface area contributed by atoms with Gasteiger partial charge in [0.15, 0.2) is 9.84 Å². The van der Waals surface area contributed by atoms with Crippen molar-refractivity contribution in [1.82, 2.24) is 4.90 Å². The second kappa shape index (κ2) is 5.10. The highest BCUT2D eigenvalue weighted by molar-refractivity contribution is 7.92. The van der Waals surface area contributed by atoms with Crippen LogP contribution in [0.1, 0.15) is 36.0 Å². The summed E-state index contributed by atoms with van der Waals surface area (Å²) in [6, 6.07) is 6.73. The Labute approximate surface area is 125 Å². The SMILES string of the molecule is CN1C2CCC1CC(S(=O)(=O)c1ccc(C(N)=O)cc1)C2. The van der Waals surface area contributed by atoms with Crippen molar-refractivity contribution < 1.29 is 13.2 Å². The van der Waals surface area contributed by atoms with E-state index in [2.05, 4.69) is 11.9 Å². The molecule has 0 radical (unpaired) electrons. The maximum Gasteiger partial charge on any atom is 0.248 e. The van der Waals surface area contributed by atoms with E-state index in [1.807, 2.05) is 0 Å². The van der Waals surface area contributed by atoms with E-state index in [4.69, 9.17) is 5.73 Å². The number of piperidine rings is 1. The number of rotatable bonds is 3. The van der Waals surface area contributed by atoms with Crippen LogP contribution in [0.2, 0.25) is 0 Å². The van der Waals surface area contributed by atoms with E-state index < -0.39 is 15.7 Å². The molecule has 2 unspecified atom stereocenters. The first-order valence-corrected chi connectivity index (χ1v) is 8.80. The lowest BCUT2D eigenvalue weighted by atomic mass is 10.0. The molecule has 1 amide bonds. The van der Waals surface area contributed by atoms with Crippen molar-refractivity contribution >= 4 is 15.7 Å². The van der Waals surface area contributed by atoms with Crippen LogP contribution >= 0.6 is 0 Å². The maximum absolute atomic E-state index is 12.8. The van der Waals surface area contributed by atoms with E-state index in [0.717, 1.165) is 12.8 Å². The topological polar surface area (TPSA) is 80.5 Å². The highest BCUT2D eigenvalue weighted by Gasteiger charge is 2.43. The first-order chi connectivity index (χ1) is 9.89. The summed E-state index contributed by atoms with van der Waals surface area (Å²) in [7, 11) is -1.24. The van der Waals surface area contributed by atoms with Crippen LogP contribution in [0.5, 0.6) is 0 Å². The fourth-order valence-electron chi connectivity index (χ4n) is 3.62. The number of nitrogens with two attached hydrogens (primary N) is 1. The largest absolute Gasteiger partial charge is 0.366 e. The molecule has 2 aliphatic heterocycles. The highest BCUT2D eigenvalue weighted by Crippen LogP contribution is 2.38. The molecule has 2 N–H and O–H groups in total. The molecule has 114 valence electrons. The molecule has 5 nitrogen and oxygen atoms in total. The van der Waals surface area contributed by atoms with Gasteiger partial charge in [0.2, 0.25) is 5.91 Å². The molecule has 0 aromatic heterocycles. The number of carbonyl (C=O) groups excluding carboxylic acids is 1. The molecule has 2 heterocycles. The van der Waals surface area contributed by atoms with Crippen LogP contribution in [0.25, 0.3) is 0 Å². The molecule has 2 atom stereocenters. The first kappa shape index (κ1) is 14.5. The van der Waals surface area contributed by atoms with E-state index in [0.29, 0.717) is 35.4 Å². The summed E-state index contributed by atoms with van der Waals surface area (Å²) in [6.07, 6.45) is 3.58. The zero-order chi connectivity index (χ0) is 15.2. The van der Waals surface area contributed by atoms with Crippen LogP contribution in [0.3, 0.4) is 0 Å². The van der Waals surface area contributed by atoms with Gasteiger partial charge in [-0.3, -0.25) is 4.79 Å². The smallest absolute Gasteiger partial charge is 0.248 e. The van der Waals surface area contributed by atoms with Gasteiger partial charge in [-0.15, -0.1) is 0 Å². The minimum atomic E-state index is -3.33. The Balaban J connectivity index is 1.85. The van der Waals surface area contributed by atoms with Crippen molar-refractivity contribution in [1.29, 1.82) is 0 Å². The zero-order valence-electron chi connectivity index (χ0n) is 12.0. The monoisotopic (exact) mass is 308 g/mol. The Kier molecular flexibility index (Phi) is 3.53. The van der Waals surface area contributed by atoms with Crippen molar-refractivity contribution in [3.8, 4) is 0 Å². The lowest BCUT2D eigenvalue weighted by molar-refractivity contribution is 0.1000. The molecule has 0 aliphatic carbocycles. The Morgan fingerprint density at radius 1 is 1.14 bits per heavy atom. The van der Waals surface area contributed by atoms with E-state index in [9.17, 15) is 13.2 Å². The van der Waals surface area contributed by atoms with Gasteiger partial charge in [0, 0.05) is 17.6 Å². The van der Waals surface area contributed by atoms with Gasteiger partial charge in [-0.2, -0.15) is 0 Å². The van der Waals surface area contributed by atoms with Crippen molar-refractivity contribution in [2.75, 3.05) is 7.05 Å². The van der Waals surface area contributed by atoms with Gasteiger partial charge in [-0.1, -0.05) is 0 Å². The summed E-state index contributed by atoms with van der Waals surface area (Å²) in [5.41, 5.74) is 5.51. The van der Waals surface area contributed by atoms with E-state index >= 15 is 0 Å². The standard InChI is InChI=1S/C15H20N2O3S/c1-17-11-4-5-12(17)9-14(8-11)21(19,20)13-6-2-10(3-7-13)15(16)18/h2-3,6-7,11-12,14H,4-5,8-9H2,1H3,(H2,16,18). The number of nitrogens with zero attached hydrogens (tertiary/aromatic N) is 1. The molecule has 3 rings (SSSR count). The minimum absolute atomic E-state index is 0.293. The van der Waals surface area contributed by atoms with Crippen LogP contribution in [-0.2, 0) is 9.84 Å². The summed E-state index contributed by atoms with van der Waals surface area (Å²) in [5, 5.41) is -0.314. The molecule has 2 fully saturated rings. The van der Waals surface area contributed by atoms with Crippen LogP contribution in [-0.4, -0.2) is 43.6 Å². The second-order valence-electron chi connectivity index (χ2n) is 6.08. The number of hydrogen-bond donors (Lipinski definition) is 1. The summed E-state index contributed by atoms with van der Waals surface area (Å²) in [4.78, 5) is 13.7. The van der Waals surface area contributed by atoms with Crippen LogP contribution < -0.4 is 5.73 Å². The predicted octanol–water partition coefficient (Wildman–Crippen LogP) is 1.18. The summed E-state index contributed by atoms with van der Waals surface area (Å²) in [5.74, 6) is -0.545. The minimum Gasteiger partial charge on any atom is -0.366 e. The van der Waals surface area contributed by atoms with Crippen LogP contribution in [0.15, 0.2) is 29.2 Å². The van der Waals surface area contributed by atoms with Gasteiger partial charge in [-0.25, -0.2) is 8.42 Å². The Bertz CT molecular complexity index is 640. The number of carbonyl (C=O) groups is 1. The lowest BCUT2D eigenvalue weighted by Gasteiger charge is -2.35. The highest BCUT2D eigenvalue weighted by atomic mass is 32.2.